The minimum absolute atomic E-state index is 0.0822. The van der Waals surface area contributed by atoms with Crippen molar-refractivity contribution in [3.63, 3.8) is 0 Å². The third-order valence-electron chi connectivity index (χ3n) is 4.96. The molecule has 5 nitrogen and oxygen atoms in total. The highest BCUT2D eigenvalue weighted by molar-refractivity contribution is 5.95. The Bertz CT molecular complexity index is 782. The van der Waals surface area contributed by atoms with Crippen LogP contribution in [0, 0.1) is 18.6 Å². The van der Waals surface area contributed by atoms with Gasteiger partial charge in [0.05, 0.1) is 11.8 Å². The molecule has 0 saturated carbocycles. The fourth-order valence-corrected chi connectivity index (χ4v) is 3.38. The number of nitrogens with zero attached hydrogens (tertiary/aromatic N) is 3. The van der Waals surface area contributed by atoms with Crippen LogP contribution in [0.5, 0.6) is 0 Å². The number of rotatable bonds is 5. The topological polar surface area (TPSA) is 50.2 Å². The number of benzene rings is 1. The number of piperidine rings is 1. The first-order valence-electron chi connectivity index (χ1n) is 8.97. The lowest BCUT2D eigenvalue weighted by molar-refractivity contribution is 0.0908. The first-order chi connectivity index (χ1) is 12.5. The third kappa shape index (κ3) is 4.09. The average molecular weight is 362 g/mol. The van der Waals surface area contributed by atoms with Gasteiger partial charge in [-0.3, -0.25) is 14.4 Å². The Morgan fingerprint density at radius 3 is 2.62 bits per heavy atom. The fraction of sp³-hybridized carbons (Fsp3) is 0.474. The number of carbonyl (C=O) groups excluding carboxylic acids is 1. The summed E-state index contributed by atoms with van der Waals surface area (Å²) in [5, 5.41) is 7.30. The van der Waals surface area contributed by atoms with Gasteiger partial charge in [-0.25, -0.2) is 8.78 Å². The Hall–Kier alpha value is -2.28. The fourth-order valence-electron chi connectivity index (χ4n) is 3.38. The number of hydrogen-bond acceptors (Lipinski definition) is 3. The zero-order chi connectivity index (χ0) is 18.7. The smallest absolute Gasteiger partial charge is 0.254 e. The molecule has 1 aromatic heterocycles. The van der Waals surface area contributed by atoms with Crippen molar-refractivity contribution < 1.29 is 13.6 Å². The van der Waals surface area contributed by atoms with Crippen molar-refractivity contribution in [1.29, 1.82) is 0 Å². The predicted molar refractivity (Wildman–Crippen MR) is 94.8 cm³/mol. The summed E-state index contributed by atoms with van der Waals surface area (Å²) in [5.74, 6) is -1.72. The molecular weight excluding hydrogens is 338 g/mol. The van der Waals surface area contributed by atoms with Crippen molar-refractivity contribution in [3.8, 4) is 0 Å². The third-order valence-corrected chi connectivity index (χ3v) is 4.96. The molecule has 140 valence electrons. The molecule has 26 heavy (non-hydrogen) atoms. The van der Waals surface area contributed by atoms with E-state index in [0.29, 0.717) is 12.1 Å². The molecule has 2 heterocycles. The van der Waals surface area contributed by atoms with Gasteiger partial charge in [0.25, 0.3) is 5.91 Å². The molecule has 1 fully saturated rings. The molecule has 0 bridgehead atoms. The van der Waals surface area contributed by atoms with Gasteiger partial charge in [0, 0.05) is 37.9 Å². The molecule has 2 aromatic rings. The first-order valence-corrected chi connectivity index (χ1v) is 8.97. The lowest BCUT2D eigenvalue weighted by atomic mass is 10.0. The molecule has 3 rings (SSSR count). The Morgan fingerprint density at radius 2 is 2.00 bits per heavy atom. The standard InChI is InChI=1S/C19H24F2N4O/c1-3-25-13(2)16(11-22-25)19(26)23-15-6-8-24(9-7-15)12-14-4-5-17(20)18(21)10-14/h4-5,10-11,15H,3,6-9,12H2,1-2H3,(H,23,26). The molecule has 0 radical (unpaired) electrons. The predicted octanol–water partition coefficient (Wildman–Crippen LogP) is 2.88. The maximum atomic E-state index is 13.3. The average Bonchev–Trinajstić information content (AvgIpc) is 3.00. The summed E-state index contributed by atoms with van der Waals surface area (Å²) in [4.78, 5) is 14.6. The number of nitrogens with one attached hydrogen (secondary N) is 1. The zero-order valence-electron chi connectivity index (χ0n) is 15.1. The van der Waals surface area contributed by atoms with Gasteiger partial charge >= 0.3 is 0 Å². The molecule has 1 aliphatic heterocycles. The largest absolute Gasteiger partial charge is 0.349 e. The van der Waals surface area contributed by atoms with Crippen LogP contribution in [0.1, 0.15) is 41.4 Å². The molecule has 1 saturated heterocycles. The van der Waals surface area contributed by atoms with Crippen LogP contribution >= 0.6 is 0 Å². The maximum absolute atomic E-state index is 13.3. The van der Waals surface area contributed by atoms with E-state index < -0.39 is 11.6 Å². The molecule has 1 aromatic carbocycles. The van der Waals surface area contributed by atoms with Crippen LogP contribution in [0.25, 0.3) is 0 Å². The Morgan fingerprint density at radius 1 is 1.27 bits per heavy atom. The van der Waals surface area contributed by atoms with E-state index in [1.807, 2.05) is 13.8 Å². The van der Waals surface area contributed by atoms with Crippen molar-refractivity contribution in [1.82, 2.24) is 20.0 Å². The van der Waals surface area contributed by atoms with Crippen molar-refractivity contribution >= 4 is 5.91 Å². The molecule has 0 aliphatic carbocycles. The first kappa shape index (κ1) is 18.5. The van der Waals surface area contributed by atoms with E-state index in [4.69, 9.17) is 0 Å². The molecular formula is C19H24F2N4O. The highest BCUT2D eigenvalue weighted by atomic mass is 19.2. The van der Waals surface area contributed by atoms with Gasteiger partial charge in [-0.1, -0.05) is 6.07 Å². The molecule has 1 amide bonds. The molecule has 0 unspecified atom stereocenters. The minimum Gasteiger partial charge on any atom is -0.349 e. The van der Waals surface area contributed by atoms with Gasteiger partial charge in [0.15, 0.2) is 11.6 Å². The summed E-state index contributed by atoms with van der Waals surface area (Å²) in [6.45, 7) is 6.82. The second-order valence-corrected chi connectivity index (χ2v) is 6.73. The van der Waals surface area contributed by atoms with Crippen LogP contribution in [0.4, 0.5) is 8.78 Å². The summed E-state index contributed by atoms with van der Waals surface area (Å²) in [6, 6.07) is 4.14. The van der Waals surface area contributed by atoms with Crippen LogP contribution in [0.15, 0.2) is 24.4 Å². The molecule has 0 atom stereocenters. The summed E-state index contributed by atoms with van der Waals surface area (Å²) in [5.41, 5.74) is 2.26. The number of aryl methyl sites for hydroxylation is 1. The summed E-state index contributed by atoms with van der Waals surface area (Å²) >= 11 is 0. The summed E-state index contributed by atoms with van der Waals surface area (Å²) in [6.07, 6.45) is 3.28. The van der Waals surface area contributed by atoms with Crippen molar-refractivity contribution in [2.75, 3.05) is 13.1 Å². The monoisotopic (exact) mass is 362 g/mol. The number of aromatic nitrogens is 2. The van der Waals surface area contributed by atoms with Crippen LogP contribution in [-0.4, -0.2) is 39.7 Å². The van der Waals surface area contributed by atoms with Crippen LogP contribution in [0.2, 0.25) is 0 Å². The SMILES string of the molecule is CCn1ncc(C(=O)NC2CCN(Cc3ccc(F)c(F)c3)CC2)c1C. The van der Waals surface area contributed by atoms with Crippen molar-refractivity contribution in [2.45, 2.75) is 45.8 Å². The quantitative estimate of drug-likeness (QED) is 0.890. The molecule has 1 N–H and O–H groups in total. The van der Waals surface area contributed by atoms with E-state index >= 15 is 0 Å². The van der Waals surface area contributed by atoms with E-state index in [1.165, 1.54) is 6.07 Å². The van der Waals surface area contributed by atoms with Gasteiger partial charge in [0.1, 0.15) is 0 Å². The highest BCUT2D eigenvalue weighted by Gasteiger charge is 2.23. The number of hydrogen-bond donors (Lipinski definition) is 1. The lowest BCUT2D eigenvalue weighted by Gasteiger charge is -2.32. The number of likely N-dealkylation sites (tertiary alicyclic amines) is 1. The molecule has 7 heteroatoms. The Balaban J connectivity index is 1.51. The van der Waals surface area contributed by atoms with E-state index in [9.17, 15) is 13.6 Å². The molecule has 1 aliphatic rings. The zero-order valence-corrected chi connectivity index (χ0v) is 15.1. The van der Waals surface area contributed by atoms with Crippen LogP contribution in [0.3, 0.4) is 0 Å². The van der Waals surface area contributed by atoms with Crippen LogP contribution in [-0.2, 0) is 13.1 Å². The van der Waals surface area contributed by atoms with E-state index in [1.54, 1.807) is 16.9 Å². The Kier molecular flexibility index (Phi) is 5.66. The van der Waals surface area contributed by atoms with Gasteiger partial charge in [0.2, 0.25) is 0 Å². The van der Waals surface area contributed by atoms with E-state index in [2.05, 4.69) is 15.3 Å². The second-order valence-electron chi connectivity index (χ2n) is 6.73. The van der Waals surface area contributed by atoms with Crippen molar-refractivity contribution in [3.05, 3.63) is 52.9 Å². The molecule has 0 spiro atoms. The Labute approximate surface area is 152 Å². The maximum Gasteiger partial charge on any atom is 0.254 e. The summed E-state index contributed by atoms with van der Waals surface area (Å²) < 4.78 is 28.1. The van der Waals surface area contributed by atoms with E-state index in [-0.39, 0.29) is 11.9 Å². The number of amides is 1. The second kappa shape index (κ2) is 7.95. The van der Waals surface area contributed by atoms with Gasteiger partial charge in [-0.2, -0.15) is 5.10 Å². The van der Waals surface area contributed by atoms with Gasteiger partial charge in [-0.15, -0.1) is 0 Å². The normalized spacial score (nSPS) is 16.0. The van der Waals surface area contributed by atoms with Crippen molar-refractivity contribution in [2.24, 2.45) is 0 Å². The number of halogens is 2. The number of carbonyl (C=O) groups is 1. The lowest BCUT2D eigenvalue weighted by Crippen LogP contribution is -2.44. The van der Waals surface area contributed by atoms with Gasteiger partial charge < -0.3 is 5.32 Å². The van der Waals surface area contributed by atoms with Crippen LogP contribution < -0.4 is 5.32 Å². The minimum atomic E-state index is -0.822. The summed E-state index contributed by atoms with van der Waals surface area (Å²) in [7, 11) is 0. The highest BCUT2D eigenvalue weighted by Crippen LogP contribution is 2.17. The van der Waals surface area contributed by atoms with E-state index in [0.717, 1.165) is 49.8 Å². The van der Waals surface area contributed by atoms with Gasteiger partial charge in [-0.05, 0) is 44.4 Å².